The number of hydrogen-bond acceptors (Lipinski definition) is 8. The molecule has 1 N–H and O–H groups in total. The lowest BCUT2D eigenvalue weighted by Crippen LogP contribution is -2.27. The summed E-state index contributed by atoms with van der Waals surface area (Å²) in [7, 11) is 1.50. The third kappa shape index (κ3) is 5.34. The molecule has 0 spiro atoms. The van der Waals surface area contributed by atoms with Gasteiger partial charge in [-0.3, -0.25) is 19.9 Å². The third-order valence-electron chi connectivity index (χ3n) is 6.22. The number of nitrogens with one attached hydrogen (secondary N) is 1. The number of fused-ring (bicyclic) bond motifs is 1. The number of pyridine rings is 3. The zero-order valence-corrected chi connectivity index (χ0v) is 23.6. The summed E-state index contributed by atoms with van der Waals surface area (Å²) in [4.78, 5) is 45.4. The first-order valence-corrected chi connectivity index (χ1v) is 13.3. The van der Waals surface area contributed by atoms with Gasteiger partial charge < -0.3 is 9.64 Å². The Balaban J connectivity index is 1.34. The SMILES string of the molecule is COc1cnc(Cl)cc1-c1cc(C)ncc1C(=O)Nc1nc2c(s1)CN(C(=O)c1nc(Cl)c(C(F)F)cc1C)C2. The number of thiazole rings is 1. The van der Waals surface area contributed by atoms with Crippen LogP contribution in [0.4, 0.5) is 13.9 Å². The second-order valence-electron chi connectivity index (χ2n) is 8.92. The highest BCUT2D eigenvalue weighted by Gasteiger charge is 2.31. The fourth-order valence-electron chi connectivity index (χ4n) is 4.29. The van der Waals surface area contributed by atoms with Crippen LogP contribution in [0.2, 0.25) is 10.3 Å². The molecule has 0 fully saturated rings. The molecular weight excluding hydrogens is 585 g/mol. The normalized spacial score (nSPS) is 12.6. The number of anilines is 1. The number of amides is 2. The van der Waals surface area contributed by atoms with Gasteiger partial charge in [0.05, 0.1) is 48.1 Å². The Bertz CT molecular complexity index is 1640. The van der Waals surface area contributed by atoms with E-state index >= 15 is 0 Å². The Morgan fingerprint density at radius 2 is 1.85 bits per heavy atom. The number of aryl methyl sites for hydroxylation is 2. The van der Waals surface area contributed by atoms with Crippen LogP contribution in [0, 0.1) is 13.8 Å². The van der Waals surface area contributed by atoms with E-state index in [1.165, 1.54) is 48.7 Å². The Morgan fingerprint density at radius 3 is 2.55 bits per heavy atom. The fourth-order valence-corrected chi connectivity index (χ4v) is 5.65. The molecule has 0 aromatic carbocycles. The molecule has 0 saturated heterocycles. The van der Waals surface area contributed by atoms with Gasteiger partial charge in [0.25, 0.3) is 18.2 Å². The second-order valence-corrected chi connectivity index (χ2v) is 10.7. The molecule has 2 amide bonds. The number of halogens is 4. The third-order valence-corrected chi connectivity index (χ3v) is 7.73. The highest BCUT2D eigenvalue weighted by Crippen LogP contribution is 2.36. The Hall–Kier alpha value is -3.74. The average Bonchev–Trinajstić information content (AvgIpc) is 3.48. The predicted molar refractivity (Wildman–Crippen MR) is 146 cm³/mol. The van der Waals surface area contributed by atoms with Crippen molar-refractivity contribution < 1.29 is 23.1 Å². The minimum absolute atomic E-state index is 0.00382. The van der Waals surface area contributed by atoms with Crippen LogP contribution in [0.25, 0.3) is 11.1 Å². The van der Waals surface area contributed by atoms with Gasteiger partial charge in [-0.15, -0.1) is 0 Å². The molecule has 9 nitrogen and oxygen atoms in total. The summed E-state index contributed by atoms with van der Waals surface area (Å²) in [5, 5.41) is 3.00. The Labute approximate surface area is 241 Å². The first-order valence-electron chi connectivity index (χ1n) is 11.8. The number of nitrogens with zero attached hydrogens (tertiary/aromatic N) is 5. The largest absolute Gasteiger partial charge is 0.494 e. The van der Waals surface area contributed by atoms with E-state index in [4.69, 9.17) is 27.9 Å². The number of hydrogen-bond donors (Lipinski definition) is 1. The fraction of sp³-hybridized carbons (Fsp3) is 0.231. The van der Waals surface area contributed by atoms with Crippen molar-refractivity contribution in [3.8, 4) is 16.9 Å². The van der Waals surface area contributed by atoms with Gasteiger partial charge >= 0.3 is 0 Å². The van der Waals surface area contributed by atoms with E-state index in [0.717, 1.165) is 4.88 Å². The molecule has 4 aromatic heterocycles. The van der Waals surface area contributed by atoms with Crippen molar-refractivity contribution in [3.05, 3.63) is 79.5 Å². The number of ether oxygens (including phenoxy) is 1. The number of carbonyl (C=O) groups excluding carboxylic acids is 2. The molecule has 5 heterocycles. The van der Waals surface area contributed by atoms with E-state index in [0.29, 0.717) is 39.0 Å². The van der Waals surface area contributed by atoms with Crippen LogP contribution in [0.3, 0.4) is 0 Å². The van der Waals surface area contributed by atoms with Gasteiger partial charge in [0.2, 0.25) is 0 Å². The Morgan fingerprint density at radius 1 is 1.07 bits per heavy atom. The quantitative estimate of drug-likeness (QED) is 0.258. The summed E-state index contributed by atoms with van der Waals surface area (Å²) >= 11 is 13.2. The van der Waals surface area contributed by atoms with E-state index in [1.807, 2.05) is 0 Å². The molecule has 0 bridgehead atoms. The maximum atomic E-state index is 13.3. The van der Waals surface area contributed by atoms with Crippen molar-refractivity contribution in [3.63, 3.8) is 0 Å². The van der Waals surface area contributed by atoms with Crippen molar-refractivity contribution in [1.29, 1.82) is 0 Å². The first-order chi connectivity index (χ1) is 19.0. The van der Waals surface area contributed by atoms with Gasteiger partial charge in [-0.05, 0) is 37.6 Å². The van der Waals surface area contributed by atoms with E-state index in [-0.39, 0.29) is 29.5 Å². The average molecular weight is 605 g/mol. The lowest BCUT2D eigenvalue weighted by atomic mass is 10.0. The highest BCUT2D eigenvalue weighted by atomic mass is 35.5. The highest BCUT2D eigenvalue weighted by molar-refractivity contribution is 7.16. The number of rotatable bonds is 6. The number of aromatic nitrogens is 4. The molecule has 0 aliphatic carbocycles. The maximum Gasteiger partial charge on any atom is 0.273 e. The Kier molecular flexibility index (Phi) is 7.67. The second kappa shape index (κ2) is 11.0. The van der Waals surface area contributed by atoms with Crippen molar-refractivity contribution in [2.24, 2.45) is 0 Å². The van der Waals surface area contributed by atoms with Gasteiger partial charge in [-0.2, -0.15) is 0 Å². The topological polar surface area (TPSA) is 110 Å². The summed E-state index contributed by atoms with van der Waals surface area (Å²) in [6.45, 7) is 3.72. The minimum Gasteiger partial charge on any atom is -0.494 e. The molecular formula is C26H20Cl2F2N6O3S. The first kappa shape index (κ1) is 27.8. The molecule has 4 aromatic rings. The molecule has 0 saturated carbocycles. The predicted octanol–water partition coefficient (Wildman–Crippen LogP) is 6.27. The number of alkyl halides is 2. The van der Waals surface area contributed by atoms with Crippen LogP contribution in [0.15, 0.2) is 30.6 Å². The van der Waals surface area contributed by atoms with Crippen LogP contribution < -0.4 is 10.1 Å². The van der Waals surface area contributed by atoms with Crippen LogP contribution in [0.1, 0.15) is 54.7 Å². The van der Waals surface area contributed by atoms with Crippen molar-refractivity contribution in [2.75, 3.05) is 12.4 Å². The van der Waals surface area contributed by atoms with Crippen molar-refractivity contribution in [1.82, 2.24) is 24.8 Å². The summed E-state index contributed by atoms with van der Waals surface area (Å²) in [6, 6.07) is 4.54. The summed E-state index contributed by atoms with van der Waals surface area (Å²) in [5.41, 5.74) is 2.62. The minimum atomic E-state index is -2.80. The summed E-state index contributed by atoms with van der Waals surface area (Å²) in [5.74, 6) is -0.445. The molecule has 40 heavy (non-hydrogen) atoms. The van der Waals surface area contributed by atoms with E-state index < -0.39 is 29.0 Å². The molecule has 206 valence electrons. The molecule has 0 unspecified atom stereocenters. The number of carbonyl (C=O) groups is 2. The van der Waals surface area contributed by atoms with Gasteiger partial charge in [0.15, 0.2) is 5.13 Å². The van der Waals surface area contributed by atoms with Gasteiger partial charge in [0.1, 0.15) is 21.7 Å². The zero-order chi connectivity index (χ0) is 28.7. The monoisotopic (exact) mass is 604 g/mol. The zero-order valence-electron chi connectivity index (χ0n) is 21.3. The standard InChI is InChI=1S/C26H20Cl2F2N6O3S/c1-11-4-15(23(29)30)22(28)34-21(11)25(38)36-9-17-19(10-36)40-26(33-17)35-24(37)16-7-31-12(2)5-13(16)14-6-20(27)32-8-18(14)39-3/h4-8,23H,9-10H2,1-3H3,(H,33,35,37). The van der Waals surface area contributed by atoms with Gasteiger partial charge in [-0.25, -0.2) is 23.7 Å². The smallest absolute Gasteiger partial charge is 0.273 e. The molecule has 0 atom stereocenters. The molecule has 0 radical (unpaired) electrons. The van der Waals surface area contributed by atoms with E-state index in [2.05, 4.69) is 25.3 Å². The molecule has 5 rings (SSSR count). The van der Waals surface area contributed by atoms with E-state index in [1.54, 1.807) is 19.1 Å². The van der Waals surface area contributed by atoms with Crippen LogP contribution in [-0.4, -0.2) is 43.8 Å². The number of methoxy groups -OCH3 is 1. The van der Waals surface area contributed by atoms with Crippen LogP contribution >= 0.6 is 34.5 Å². The lowest BCUT2D eigenvalue weighted by Gasteiger charge is -2.17. The summed E-state index contributed by atoms with van der Waals surface area (Å²) < 4.78 is 31.7. The summed E-state index contributed by atoms with van der Waals surface area (Å²) in [6.07, 6.45) is 0.150. The molecule has 1 aliphatic rings. The lowest BCUT2D eigenvalue weighted by molar-refractivity contribution is 0.0743. The van der Waals surface area contributed by atoms with Crippen LogP contribution in [-0.2, 0) is 13.1 Å². The van der Waals surface area contributed by atoms with Gasteiger partial charge in [-0.1, -0.05) is 34.5 Å². The van der Waals surface area contributed by atoms with Gasteiger partial charge in [0, 0.05) is 23.0 Å². The van der Waals surface area contributed by atoms with Crippen molar-refractivity contribution in [2.45, 2.75) is 33.4 Å². The van der Waals surface area contributed by atoms with Crippen LogP contribution in [0.5, 0.6) is 5.75 Å². The maximum absolute atomic E-state index is 13.3. The molecule has 1 aliphatic heterocycles. The van der Waals surface area contributed by atoms with Crippen molar-refractivity contribution >= 4 is 51.5 Å². The van der Waals surface area contributed by atoms with E-state index in [9.17, 15) is 18.4 Å². The molecule has 14 heteroatoms.